The van der Waals surface area contributed by atoms with Gasteiger partial charge >= 0.3 is 0 Å². The third-order valence-electron chi connectivity index (χ3n) is 4.84. The second-order valence-electron chi connectivity index (χ2n) is 6.94. The molecule has 136 valence electrons. The Bertz CT molecular complexity index is 774. The van der Waals surface area contributed by atoms with Gasteiger partial charge in [-0.1, -0.05) is 12.1 Å². The van der Waals surface area contributed by atoms with Crippen molar-refractivity contribution in [1.29, 1.82) is 5.26 Å². The molecule has 2 aromatic rings. The Kier molecular flexibility index (Phi) is 6.08. The van der Waals surface area contributed by atoms with Crippen LogP contribution >= 0.6 is 11.3 Å². The van der Waals surface area contributed by atoms with Gasteiger partial charge in [0.25, 0.3) is 0 Å². The van der Waals surface area contributed by atoms with Crippen molar-refractivity contribution in [1.82, 2.24) is 4.90 Å². The Labute approximate surface area is 159 Å². The van der Waals surface area contributed by atoms with E-state index in [4.69, 9.17) is 5.26 Å². The lowest BCUT2D eigenvalue weighted by molar-refractivity contribution is -0.120. The highest BCUT2D eigenvalue weighted by Crippen LogP contribution is 2.34. The van der Waals surface area contributed by atoms with Gasteiger partial charge < -0.3 is 4.90 Å². The van der Waals surface area contributed by atoms with E-state index in [1.807, 2.05) is 26.0 Å². The summed E-state index contributed by atoms with van der Waals surface area (Å²) in [5, 5.41) is 11.1. The van der Waals surface area contributed by atoms with Gasteiger partial charge in [-0.05, 0) is 67.9 Å². The van der Waals surface area contributed by atoms with Crippen LogP contribution in [0.5, 0.6) is 0 Å². The zero-order valence-electron chi connectivity index (χ0n) is 15.4. The van der Waals surface area contributed by atoms with Crippen molar-refractivity contribution in [2.75, 3.05) is 24.5 Å². The molecule has 0 unspecified atom stereocenters. The van der Waals surface area contributed by atoms with Crippen molar-refractivity contribution in [2.45, 2.75) is 39.2 Å². The summed E-state index contributed by atoms with van der Waals surface area (Å²) in [6, 6.07) is 12.9. The van der Waals surface area contributed by atoms with Crippen LogP contribution in [0.25, 0.3) is 0 Å². The van der Waals surface area contributed by atoms with E-state index in [9.17, 15) is 4.79 Å². The van der Waals surface area contributed by atoms with Crippen LogP contribution in [0.2, 0.25) is 0 Å². The second kappa shape index (κ2) is 8.48. The summed E-state index contributed by atoms with van der Waals surface area (Å²) in [4.78, 5) is 18.5. The first-order valence-corrected chi connectivity index (χ1v) is 9.99. The molecule has 2 heterocycles. The Hall–Kier alpha value is -2.16. The molecule has 4 nitrogen and oxygen atoms in total. The van der Waals surface area contributed by atoms with Crippen molar-refractivity contribution in [2.24, 2.45) is 0 Å². The predicted octanol–water partition coefficient (Wildman–Crippen LogP) is 4.45. The Morgan fingerprint density at radius 2 is 2.12 bits per heavy atom. The van der Waals surface area contributed by atoms with Crippen molar-refractivity contribution in [3.05, 3.63) is 51.7 Å². The molecule has 1 saturated heterocycles. The monoisotopic (exact) mass is 367 g/mol. The number of carbonyl (C=O) groups is 1. The second-order valence-corrected chi connectivity index (χ2v) is 7.92. The molecule has 1 aliphatic heterocycles. The summed E-state index contributed by atoms with van der Waals surface area (Å²) in [7, 11) is 0. The molecule has 5 heteroatoms. The molecule has 0 aliphatic carbocycles. The van der Waals surface area contributed by atoms with Crippen LogP contribution in [0.15, 0.2) is 35.7 Å². The van der Waals surface area contributed by atoms with Crippen molar-refractivity contribution in [3.63, 3.8) is 0 Å². The van der Waals surface area contributed by atoms with Crippen LogP contribution in [0.1, 0.15) is 41.3 Å². The molecule has 0 spiro atoms. The van der Waals surface area contributed by atoms with Crippen LogP contribution in [0.3, 0.4) is 0 Å². The number of rotatable bonds is 6. The lowest BCUT2D eigenvalue weighted by atomic mass is 10.1. The number of anilines is 1. The zero-order valence-corrected chi connectivity index (χ0v) is 16.3. The van der Waals surface area contributed by atoms with Gasteiger partial charge in [0.2, 0.25) is 5.91 Å². The topological polar surface area (TPSA) is 47.3 Å². The summed E-state index contributed by atoms with van der Waals surface area (Å²) in [5.41, 5.74) is 3.16. The number of hydrogen-bond donors (Lipinski definition) is 0. The van der Waals surface area contributed by atoms with Gasteiger partial charge in [-0.25, -0.2) is 0 Å². The molecule has 26 heavy (non-hydrogen) atoms. The number of amides is 1. The standard InChI is InChI=1S/C21H25N3OS/c1-16-12-17(2)14-18(13-16)24(10-5-8-22)21(25)15-23-9-3-6-19(23)20-7-4-11-26-20/h4,7,11-14,19H,3,5-6,9-10,15H2,1-2H3/t19-/m0/s1. The average molecular weight is 368 g/mol. The number of thiophene rings is 1. The summed E-state index contributed by atoms with van der Waals surface area (Å²) in [5.74, 6) is 0.0775. The van der Waals surface area contributed by atoms with E-state index in [1.165, 1.54) is 4.88 Å². The molecule has 1 atom stereocenters. The Morgan fingerprint density at radius 1 is 1.35 bits per heavy atom. The lowest BCUT2D eigenvalue weighted by Gasteiger charge is -2.28. The number of hydrogen-bond acceptors (Lipinski definition) is 4. The molecule has 0 N–H and O–H groups in total. The number of nitriles is 1. The fourth-order valence-electron chi connectivity index (χ4n) is 3.74. The van der Waals surface area contributed by atoms with E-state index in [1.54, 1.807) is 16.2 Å². The van der Waals surface area contributed by atoms with Crippen molar-refractivity contribution in [3.8, 4) is 6.07 Å². The summed E-state index contributed by atoms with van der Waals surface area (Å²) >= 11 is 1.76. The van der Waals surface area contributed by atoms with E-state index in [0.29, 0.717) is 25.6 Å². The molecule has 1 aliphatic rings. The first-order chi connectivity index (χ1) is 12.6. The molecule has 0 radical (unpaired) electrons. The molecule has 1 aromatic carbocycles. The third kappa shape index (κ3) is 4.32. The van der Waals surface area contributed by atoms with E-state index >= 15 is 0 Å². The van der Waals surface area contributed by atoms with Crippen molar-refractivity contribution >= 4 is 22.9 Å². The van der Waals surface area contributed by atoms with Crippen LogP contribution < -0.4 is 4.90 Å². The molecule has 1 aromatic heterocycles. The van der Waals surface area contributed by atoms with Gasteiger partial charge in [0.05, 0.1) is 19.0 Å². The van der Waals surface area contributed by atoms with Crippen LogP contribution in [0, 0.1) is 25.2 Å². The average Bonchev–Trinajstić information content (AvgIpc) is 3.25. The summed E-state index contributed by atoms with van der Waals surface area (Å²) < 4.78 is 0. The van der Waals surface area contributed by atoms with Crippen LogP contribution in [0.4, 0.5) is 5.69 Å². The van der Waals surface area contributed by atoms with Gasteiger partial charge in [0.1, 0.15) is 0 Å². The Balaban J connectivity index is 1.78. The first kappa shape index (κ1) is 18.6. The fourth-order valence-corrected chi connectivity index (χ4v) is 4.64. The van der Waals surface area contributed by atoms with Gasteiger partial charge in [0, 0.05) is 23.2 Å². The molecule has 1 fully saturated rings. The maximum atomic E-state index is 13.1. The summed E-state index contributed by atoms with van der Waals surface area (Å²) in [6.07, 6.45) is 2.57. The maximum absolute atomic E-state index is 13.1. The smallest absolute Gasteiger partial charge is 0.241 e. The quantitative estimate of drug-likeness (QED) is 0.758. The molecule has 0 bridgehead atoms. The highest BCUT2D eigenvalue weighted by atomic mass is 32.1. The molecular formula is C21H25N3OS. The minimum absolute atomic E-state index is 0.0775. The molecular weight excluding hydrogens is 342 g/mol. The lowest BCUT2D eigenvalue weighted by Crippen LogP contribution is -2.40. The summed E-state index contributed by atoms with van der Waals surface area (Å²) in [6.45, 7) is 5.87. The number of carbonyl (C=O) groups excluding carboxylic acids is 1. The number of nitrogens with zero attached hydrogens (tertiary/aromatic N) is 3. The minimum atomic E-state index is 0.0775. The minimum Gasteiger partial charge on any atom is -0.310 e. The van der Waals surface area contributed by atoms with E-state index in [2.05, 4.69) is 34.5 Å². The third-order valence-corrected chi connectivity index (χ3v) is 5.81. The Morgan fingerprint density at radius 3 is 2.77 bits per heavy atom. The van der Waals surface area contributed by atoms with E-state index < -0.39 is 0 Å². The van der Waals surface area contributed by atoms with Gasteiger partial charge in [-0.2, -0.15) is 5.26 Å². The molecule has 3 rings (SSSR count). The number of likely N-dealkylation sites (tertiary alicyclic amines) is 1. The maximum Gasteiger partial charge on any atom is 0.241 e. The van der Waals surface area contributed by atoms with Crippen LogP contribution in [-0.2, 0) is 4.79 Å². The highest BCUT2D eigenvalue weighted by Gasteiger charge is 2.30. The largest absolute Gasteiger partial charge is 0.310 e. The normalized spacial score (nSPS) is 17.2. The van der Waals surface area contributed by atoms with Crippen molar-refractivity contribution < 1.29 is 4.79 Å². The molecule has 1 amide bonds. The van der Waals surface area contributed by atoms with E-state index in [-0.39, 0.29) is 5.91 Å². The van der Waals surface area contributed by atoms with Gasteiger partial charge in [0.15, 0.2) is 0 Å². The SMILES string of the molecule is Cc1cc(C)cc(N(CCC#N)C(=O)CN2CCC[C@H]2c2cccs2)c1. The predicted molar refractivity (Wildman–Crippen MR) is 106 cm³/mol. The highest BCUT2D eigenvalue weighted by molar-refractivity contribution is 7.10. The number of benzene rings is 1. The first-order valence-electron chi connectivity index (χ1n) is 9.11. The van der Waals surface area contributed by atoms with E-state index in [0.717, 1.165) is 36.2 Å². The fraction of sp³-hybridized carbons (Fsp3) is 0.429. The molecule has 0 saturated carbocycles. The van der Waals surface area contributed by atoms with Gasteiger partial charge in [-0.3, -0.25) is 9.69 Å². The zero-order chi connectivity index (χ0) is 18.5. The van der Waals surface area contributed by atoms with Gasteiger partial charge in [-0.15, -0.1) is 11.3 Å². The van der Waals surface area contributed by atoms with Crippen LogP contribution in [-0.4, -0.2) is 30.4 Å². The number of aryl methyl sites for hydroxylation is 2.